The van der Waals surface area contributed by atoms with Crippen molar-refractivity contribution in [3.63, 3.8) is 0 Å². The monoisotopic (exact) mass is 448 g/mol. The third-order valence-electron chi connectivity index (χ3n) is 4.36. The number of fused-ring (bicyclic) bond motifs is 1. The Kier molecular flexibility index (Phi) is 5.72. The molecule has 4 rings (SSSR count). The Morgan fingerprint density at radius 2 is 1.93 bits per heavy atom. The van der Waals surface area contributed by atoms with Gasteiger partial charge in [0.2, 0.25) is 0 Å². The zero-order valence-electron chi connectivity index (χ0n) is 15.4. The summed E-state index contributed by atoms with van der Waals surface area (Å²) < 4.78 is 21.4. The molecule has 10 heteroatoms. The Balaban J connectivity index is 1.51. The molecule has 0 fully saturated rings. The molecule has 0 aliphatic rings. The van der Waals surface area contributed by atoms with Gasteiger partial charge in [0.05, 0.1) is 23.5 Å². The van der Waals surface area contributed by atoms with Gasteiger partial charge in [-0.3, -0.25) is 9.36 Å². The van der Waals surface area contributed by atoms with Gasteiger partial charge in [0.1, 0.15) is 36.0 Å². The zero-order chi connectivity index (χ0) is 21.3. The Morgan fingerprint density at radius 1 is 1.17 bits per heavy atom. The molecule has 2 aromatic heterocycles. The first-order chi connectivity index (χ1) is 14.4. The topological polar surface area (TPSA) is 82.2 Å². The van der Waals surface area contributed by atoms with E-state index < -0.39 is 6.10 Å². The van der Waals surface area contributed by atoms with Crippen LogP contribution in [0.5, 0.6) is 5.75 Å². The van der Waals surface area contributed by atoms with Crippen LogP contribution in [0.1, 0.15) is 0 Å². The van der Waals surface area contributed by atoms with Crippen LogP contribution in [0, 0.1) is 5.82 Å². The lowest BCUT2D eigenvalue weighted by Crippen LogP contribution is -2.30. The summed E-state index contributed by atoms with van der Waals surface area (Å²) in [5.74, 6) is 0.00300. The first kappa shape index (κ1) is 20.3. The second kappa shape index (κ2) is 8.43. The number of aliphatic hydroxyl groups is 1. The number of aromatic nitrogens is 4. The van der Waals surface area contributed by atoms with Gasteiger partial charge >= 0.3 is 0 Å². The van der Waals surface area contributed by atoms with Crippen LogP contribution < -0.4 is 10.3 Å². The smallest absolute Gasteiger partial charge is 0.264 e. The van der Waals surface area contributed by atoms with Gasteiger partial charge in [0.25, 0.3) is 5.56 Å². The van der Waals surface area contributed by atoms with Crippen molar-refractivity contribution in [3.05, 3.63) is 81.2 Å². The standard InChI is InChI=1S/C20H15Cl2FN4O3/c21-12-1-6-18(17(22)7-12)30-10-15(28)9-26-11-24-19-16(20(26)29)8-25-27(19)14-4-2-13(23)3-5-14/h1-8,11,15,28H,9-10H2. The minimum atomic E-state index is -0.985. The number of aliphatic hydroxyl groups excluding tert-OH is 1. The average Bonchev–Trinajstić information content (AvgIpc) is 3.15. The summed E-state index contributed by atoms with van der Waals surface area (Å²) >= 11 is 11.9. The maximum atomic E-state index is 13.1. The maximum Gasteiger partial charge on any atom is 0.264 e. The molecule has 0 saturated carbocycles. The van der Waals surface area contributed by atoms with Crippen LogP contribution in [-0.2, 0) is 6.54 Å². The van der Waals surface area contributed by atoms with Crippen LogP contribution in [0.25, 0.3) is 16.7 Å². The highest BCUT2D eigenvalue weighted by atomic mass is 35.5. The molecule has 0 radical (unpaired) electrons. The molecule has 0 amide bonds. The van der Waals surface area contributed by atoms with Gasteiger partial charge in [0.15, 0.2) is 5.65 Å². The molecule has 0 spiro atoms. The SMILES string of the molecule is O=c1c2cnn(-c3ccc(F)cc3)c2ncn1CC(O)COc1ccc(Cl)cc1Cl. The molecule has 154 valence electrons. The van der Waals surface area contributed by atoms with Crippen LogP contribution >= 0.6 is 23.2 Å². The van der Waals surface area contributed by atoms with E-state index in [0.29, 0.717) is 27.1 Å². The first-order valence-electron chi connectivity index (χ1n) is 8.87. The summed E-state index contributed by atoms with van der Waals surface area (Å²) in [5, 5.41) is 15.5. The molecule has 1 atom stereocenters. The van der Waals surface area contributed by atoms with Gasteiger partial charge in [0, 0.05) is 5.02 Å². The first-order valence-corrected chi connectivity index (χ1v) is 9.63. The fraction of sp³-hybridized carbons (Fsp3) is 0.150. The van der Waals surface area contributed by atoms with Crippen molar-refractivity contribution in [2.24, 2.45) is 0 Å². The lowest BCUT2D eigenvalue weighted by atomic mass is 10.3. The van der Waals surface area contributed by atoms with Gasteiger partial charge in [-0.1, -0.05) is 23.2 Å². The molecule has 0 aliphatic heterocycles. The Labute approximate surface area is 179 Å². The molecular weight excluding hydrogens is 434 g/mol. The Bertz CT molecular complexity index is 1260. The molecule has 0 aliphatic carbocycles. The number of benzene rings is 2. The lowest BCUT2D eigenvalue weighted by molar-refractivity contribution is 0.0915. The summed E-state index contributed by atoms with van der Waals surface area (Å²) in [5.41, 5.74) is 0.544. The minimum Gasteiger partial charge on any atom is -0.489 e. The quantitative estimate of drug-likeness (QED) is 0.488. The predicted octanol–water partition coefficient (Wildman–Crippen LogP) is 3.47. The molecule has 7 nitrogen and oxygen atoms in total. The molecule has 2 heterocycles. The second-order valence-electron chi connectivity index (χ2n) is 6.51. The van der Waals surface area contributed by atoms with Gasteiger partial charge in [-0.15, -0.1) is 0 Å². The third-order valence-corrected chi connectivity index (χ3v) is 4.89. The number of nitrogens with zero attached hydrogens (tertiary/aromatic N) is 4. The lowest BCUT2D eigenvalue weighted by Gasteiger charge is -2.14. The highest BCUT2D eigenvalue weighted by molar-refractivity contribution is 6.35. The molecule has 2 aromatic carbocycles. The van der Waals surface area contributed by atoms with Gasteiger partial charge in [-0.2, -0.15) is 5.10 Å². The van der Waals surface area contributed by atoms with Crippen LogP contribution in [0.3, 0.4) is 0 Å². The van der Waals surface area contributed by atoms with E-state index in [1.165, 1.54) is 52.1 Å². The largest absolute Gasteiger partial charge is 0.489 e. The van der Waals surface area contributed by atoms with Gasteiger partial charge in [-0.25, -0.2) is 14.1 Å². The van der Waals surface area contributed by atoms with E-state index in [-0.39, 0.29) is 29.9 Å². The van der Waals surface area contributed by atoms with Crippen LogP contribution in [0.4, 0.5) is 4.39 Å². The summed E-state index contributed by atoms with van der Waals surface area (Å²) in [6.07, 6.45) is 1.73. The number of halogens is 3. The second-order valence-corrected chi connectivity index (χ2v) is 7.36. The molecule has 4 aromatic rings. The van der Waals surface area contributed by atoms with Crippen LogP contribution in [0.15, 0.2) is 59.8 Å². The minimum absolute atomic E-state index is 0.0330. The van der Waals surface area contributed by atoms with Crippen molar-refractivity contribution < 1.29 is 14.2 Å². The third kappa shape index (κ3) is 4.16. The van der Waals surface area contributed by atoms with E-state index in [4.69, 9.17) is 27.9 Å². The van der Waals surface area contributed by atoms with Crippen molar-refractivity contribution in [2.75, 3.05) is 6.61 Å². The molecule has 1 unspecified atom stereocenters. The average molecular weight is 449 g/mol. The van der Waals surface area contributed by atoms with E-state index in [1.54, 1.807) is 12.1 Å². The molecule has 1 N–H and O–H groups in total. The highest BCUT2D eigenvalue weighted by Crippen LogP contribution is 2.27. The van der Waals surface area contributed by atoms with Crippen LogP contribution in [0.2, 0.25) is 10.0 Å². The number of hydrogen-bond donors (Lipinski definition) is 1. The Morgan fingerprint density at radius 3 is 2.67 bits per heavy atom. The fourth-order valence-electron chi connectivity index (χ4n) is 2.91. The summed E-state index contributed by atoms with van der Waals surface area (Å²) in [6.45, 7) is -0.116. The maximum absolute atomic E-state index is 13.1. The highest BCUT2D eigenvalue weighted by Gasteiger charge is 2.15. The summed E-state index contributed by atoms with van der Waals surface area (Å²) in [6, 6.07) is 10.4. The summed E-state index contributed by atoms with van der Waals surface area (Å²) in [7, 11) is 0. The fourth-order valence-corrected chi connectivity index (χ4v) is 3.37. The molecule has 0 bridgehead atoms. The zero-order valence-corrected chi connectivity index (χ0v) is 16.9. The Hall–Kier alpha value is -2.94. The van der Waals surface area contributed by atoms with Crippen molar-refractivity contribution in [2.45, 2.75) is 12.6 Å². The number of hydrogen-bond acceptors (Lipinski definition) is 5. The van der Waals surface area contributed by atoms with Gasteiger partial charge in [-0.05, 0) is 42.5 Å². The molecular formula is C20H15Cl2FN4O3. The predicted molar refractivity (Wildman–Crippen MR) is 111 cm³/mol. The van der Waals surface area contributed by atoms with Crippen molar-refractivity contribution in [1.82, 2.24) is 19.3 Å². The molecule has 30 heavy (non-hydrogen) atoms. The normalized spacial score (nSPS) is 12.3. The van der Waals surface area contributed by atoms with E-state index in [9.17, 15) is 14.3 Å². The van der Waals surface area contributed by atoms with E-state index >= 15 is 0 Å². The van der Waals surface area contributed by atoms with Crippen molar-refractivity contribution in [1.29, 1.82) is 0 Å². The molecule has 0 saturated heterocycles. The van der Waals surface area contributed by atoms with E-state index in [1.807, 2.05) is 0 Å². The van der Waals surface area contributed by atoms with Crippen molar-refractivity contribution in [3.8, 4) is 11.4 Å². The van der Waals surface area contributed by atoms with Crippen molar-refractivity contribution >= 4 is 34.2 Å². The van der Waals surface area contributed by atoms with E-state index in [0.717, 1.165) is 0 Å². The van der Waals surface area contributed by atoms with E-state index in [2.05, 4.69) is 10.1 Å². The summed E-state index contributed by atoms with van der Waals surface area (Å²) in [4.78, 5) is 17.0. The number of ether oxygens (including phenoxy) is 1. The number of rotatable bonds is 6. The van der Waals surface area contributed by atoms with Crippen LogP contribution in [-0.4, -0.2) is 37.1 Å². The van der Waals surface area contributed by atoms with Gasteiger partial charge < -0.3 is 9.84 Å².